The third-order valence-corrected chi connectivity index (χ3v) is 5.44. The van der Waals surface area contributed by atoms with Gasteiger partial charge in [0.05, 0.1) is 5.92 Å². The number of carbonyl (C=O) groups is 2. The van der Waals surface area contributed by atoms with Crippen molar-refractivity contribution in [1.82, 2.24) is 4.90 Å². The molecule has 1 fully saturated rings. The molecular formula is C25H23FN2O2. The maximum Gasteiger partial charge on any atom is 0.253 e. The van der Waals surface area contributed by atoms with Crippen molar-refractivity contribution in [2.24, 2.45) is 5.92 Å². The molecule has 3 aromatic rings. The second-order valence-corrected chi connectivity index (χ2v) is 7.50. The molecule has 1 atom stereocenters. The van der Waals surface area contributed by atoms with Gasteiger partial charge in [0.2, 0.25) is 5.91 Å². The van der Waals surface area contributed by atoms with E-state index in [2.05, 4.69) is 5.32 Å². The van der Waals surface area contributed by atoms with Crippen LogP contribution in [0, 0.1) is 11.7 Å². The van der Waals surface area contributed by atoms with Crippen LogP contribution in [0.3, 0.4) is 0 Å². The van der Waals surface area contributed by atoms with Gasteiger partial charge >= 0.3 is 0 Å². The van der Waals surface area contributed by atoms with E-state index in [0.717, 1.165) is 29.7 Å². The average Bonchev–Trinajstić information content (AvgIpc) is 2.80. The van der Waals surface area contributed by atoms with Gasteiger partial charge in [-0.25, -0.2) is 4.39 Å². The lowest BCUT2D eigenvalue weighted by atomic mass is 9.95. The zero-order valence-corrected chi connectivity index (χ0v) is 16.6. The van der Waals surface area contributed by atoms with Gasteiger partial charge in [0, 0.05) is 29.9 Å². The molecule has 1 heterocycles. The van der Waals surface area contributed by atoms with Crippen molar-refractivity contribution in [3.63, 3.8) is 0 Å². The van der Waals surface area contributed by atoms with Gasteiger partial charge in [-0.15, -0.1) is 0 Å². The van der Waals surface area contributed by atoms with E-state index < -0.39 is 0 Å². The molecule has 1 aliphatic heterocycles. The Bertz CT molecular complexity index is 1030. The van der Waals surface area contributed by atoms with Gasteiger partial charge < -0.3 is 10.2 Å². The van der Waals surface area contributed by atoms with Crippen molar-refractivity contribution < 1.29 is 14.0 Å². The molecule has 3 aromatic carbocycles. The largest absolute Gasteiger partial charge is 0.338 e. The maximum absolute atomic E-state index is 13.1. The highest BCUT2D eigenvalue weighted by molar-refractivity contribution is 5.98. The number of carbonyl (C=O) groups excluding carboxylic acids is 2. The Morgan fingerprint density at radius 1 is 0.900 bits per heavy atom. The third-order valence-electron chi connectivity index (χ3n) is 5.44. The number of para-hydroxylation sites is 1. The van der Waals surface area contributed by atoms with E-state index in [4.69, 9.17) is 0 Å². The topological polar surface area (TPSA) is 49.4 Å². The Morgan fingerprint density at radius 2 is 1.60 bits per heavy atom. The summed E-state index contributed by atoms with van der Waals surface area (Å²) in [6.07, 6.45) is 1.48. The predicted molar refractivity (Wildman–Crippen MR) is 116 cm³/mol. The van der Waals surface area contributed by atoms with Gasteiger partial charge in [0.25, 0.3) is 5.91 Å². The number of nitrogens with one attached hydrogen (secondary N) is 1. The number of anilines is 1. The van der Waals surface area contributed by atoms with Gasteiger partial charge in [0.1, 0.15) is 5.82 Å². The first-order chi connectivity index (χ1) is 14.6. The lowest BCUT2D eigenvalue weighted by molar-refractivity contribution is -0.121. The van der Waals surface area contributed by atoms with Gasteiger partial charge in [-0.1, -0.05) is 48.5 Å². The van der Waals surface area contributed by atoms with Crippen LogP contribution in [-0.2, 0) is 4.79 Å². The van der Waals surface area contributed by atoms with Crippen LogP contribution in [0.4, 0.5) is 10.1 Å². The molecule has 1 aliphatic rings. The minimum Gasteiger partial charge on any atom is -0.338 e. The first-order valence-corrected chi connectivity index (χ1v) is 10.1. The van der Waals surface area contributed by atoms with E-state index in [-0.39, 0.29) is 23.5 Å². The number of hydrogen-bond acceptors (Lipinski definition) is 2. The third kappa shape index (κ3) is 4.40. The number of nitrogens with zero attached hydrogens (tertiary/aromatic N) is 1. The van der Waals surface area contributed by atoms with Crippen LogP contribution in [0.15, 0.2) is 78.9 Å². The number of benzene rings is 3. The number of amides is 2. The van der Waals surface area contributed by atoms with Crippen LogP contribution < -0.4 is 5.32 Å². The van der Waals surface area contributed by atoms with Crippen molar-refractivity contribution in [2.45, 2.75) is 12.8 Å². The second-order valence-electron chi connectivity index (χ2n) is 7.50. The van der Waals surface area contributed by atoms with E-state index in [1.54, 1.807) is 4.90 Å². The number of hydrogen-bond donors (Lipinski definition) is 1. The lowest BCUT2D eigenvalue weighted by Crippen LogP contribution is -2.43. The van der Waals surface area contributed by atoms with Gasteiger partial charge in [0.15, 0.2) is 0 Å². The summed E-state index contributed by atoms with van der Waals surface area (Å²) in [5.41, 5.74) is 3.19. The Hall–Kier alpha value is -3.47. The molecule has 1 unspecified atom stereocenters. The summed E-state index contributed by atoms with van der Waals surface area (Å²) >= 11 is 0. The van der Waals surface area contributed by atoms with Crippen molar-refractivity contribution in [1.29, 1.82) is 0 Å². The quantitative estimate of drug-likeness (QED) is 0.669. The predicted octanol–water partition coefficient (Wildman–Crippen LogP) is 4.98. The zero-order chi connectivity index (χ0) is 20.9. The number of likely N-dealkylation sites (tertiary alicyclic amines) is 1. The summed E-state index contributed by atoms with van der Waals surface area (Å²) in [7, 11) is 0. The van der Waals surface area contributed by atoms with Gasteiger partial charge in [-0.05, 0) is 48.7 Å². The second kappa shape index (κ2) is 8.91. The Labute approximate surface area is 175 Å². The van der Waals surface area contributed by atoms with Crippen molar-refractivity contribution >= 4 is 17.5 Å². The van der Waals surface area contributed by atoms with Crippen LogP contribution in [0.1, 0.15) is 23.2 Å². The fraction of sp³-hybridized carbons (Fsp3) is 0.200. The van der Waals surface area contributed by atoms with E-state index in [0.29, 0.717) is 18.7 Å². The highest BCUT2D eigenvalue weighted by Crippen LogP contribution is 2.29. The fourth-order valence-corrected chi connectivity index (χ4v) is 3.85. The minimum absolute atomic E-state index is 0.0880. The first kappa shape index (κ1) is 19.8. The summed E-state index contributed by atoms with van der Waals surface area (Å²) in [4.78, 5) is 27.4. The van der Waals surface area contributed by atoms with E-state index in [1.165, 1.54) is 24.3 Å². The molecule has 0 bridgehead atoms. The monoisotopic (exact) mass is 402 g/mol. The van der Waals surface area contributed by atoms with Gasteiger partial charge in [-0.3, -0.25) is 9.59 Å². The summed E-state index contributed by atoms with van der Waals surface area (Å²) in [6, 6.07) is 23.2. The lowest BCUT2D eigenvalue weighted by Gasteiger charge is -2.32. The van der Waals surface area contributed by atoms with Crippen LogP contribution in [0.2, 0.25) is 0 Å². The van der Waals surface area contributed by atoms with Crippen LogP contribution in [0.5, 0.6) is 0 Å². The van der Waals surface area contributed by atoms with Crippen molar-refractivity contribution in [3.05, 3.63) is 90.2 Å². The molecule has 0 aliphatic carbocycles. The molecule has 4 rings (SSSR count). The highest BCUT2D eigenvalue weighted by Gasteiger charge is 2.29. The zero-order valence-electron chi connectivity index (χ0n) is 16.6. The number of piperidine rings is 1. The molecule has 30 heavy (non-hydrogen) atoms. The SMILES string of the molecule is O=C(Nc1ccccc1-c1ccccc1)C1CCCN(C(=O)c2ccc(F)cc2)C1. The van der Waals surface area contributed by atoms with Crippen LogP contribution in [0.25, 0.3) is 11.1 Å². The molecule has 0 radical (unpaired) electrons. The smallest absolute Gasteiger partial charge is 0.253 e. The van der Waals surface area contributed by atoms with E-state index in [1.807, 2.05) is 54.6 Å². The molecule has 1 N–H and O–H groups in total. The molecule has 4 nitrogen and oxygen atoms in total. The normalized spacial score (nSPS) is 16.2. The Morgan fingerprint density at radius 3 is 2.37 bits per heavy atom. The maximum atomic E-state index is 13.1. The summed E-state index contributed by atoms with van der Waals surface area (Å²) < 4.78 is 13.1. The molecular weight excluding hydrogens is 379 g/mol. The summed E-state index contributed by atoms with van der Waals surface area (Å²) in [5.74, 6) is -0.918. The van der Waals surface area contributed by atoms with Crippen LogP contribution in [-0.4, -0.2) is 29.8 Å². The molecule has 0 spiro atoms. The van der Waals surface area contributed by atoms with Crippen LogP contribution >= 0.6 is 0 Å². The molecule has 1 saturated heterocycles. The standard InChI is InChI=1S/C25H23FN2O2/c26-21-14-12-19(13-15-21)25(30)28-16-6-9-20(17-28)24(29)27-23-11-5-4-10-22(23)18-7-2-1-3-8-18/h1-5,7-8,10-15,20H,6,9,16-17H2,(H,27,29). The summed E-state index contributed by atoms with van der Waals surface area (Å²) in [5, 5.41) is 3.06. The Kier molecular flexibility index (Phi) is 5.89. The van der Waals surface area contributed by atoms with E-state index >= 15 is 0 Å². The average molecular weight is 402 g/mol. The Balaban J connectivity index is 1.47. The molecule has 0 saturated carbocycles. The minimum atomic E-state index is -0.375. The molecule has 152 valence electrons. The summed E-state index contributed by atoms with van der Waals surface area (Å²) in [6.45, 7) is 0.955. The van der Waals surface area contributed by atoms with Gasteiger partial charge in [-0.2, -0.15) is 0 Å². The molecule has 2 amide bonds. The van der Waals surface area contributed by atoms with E-state index in [9.17, 15) is 14.0 Å². The van der Waals surface area contributed by atoms with Crippen molar-refractivity contribution in [2.75, 3.05) is 18.4 Å². The van der Waals surface area contributed by atoms with Crippen molar-refractivity contribution in [3.8, 4) is 11.1 Å². The number of halogens is 1. The molecule has 5 heteroatoms. The highest BCUT2D eigenvalue weighted by atomic mass is 19.1. The number of rotatable bonds is 4. The first-order valence-electron chi connectivity index (χ1n) is 10.1. The fourth-order valence-electron chi connectivity index (χ4n) is 3.85. The molecule has 0 aromatic heterocycles.